The number of aromatic nitrogens is 4. The van der Waals surface area contributed by atoms with Gasteiger partial charge in [-0.05, 0) is 44.4 Å². The van der Waals surface area contributed by atoms with Crippen molar-refractivity contribution >= 4 is 17.0 Å². The lowest BCUT2D eigenvalue weighted by Crippen LogP contribution is -2.39. The van der Waals surface area contributed by atoms with E-state index < -0.39 is 0 Å². The fraction of sp³-hybridized carbons (Fsp3) is 0.333. The number of piperidine rings is 1. The van der Waals surface area contributed by atoms with E-state index in [0.717, 1.165) is 30.6 Å². The van der Waals surface area contributed by atoms with Gasteiger partial charge in [-0.15, -0.1) is 0 Å². The molecule has 1 unspecified atom stereocenters. The molecule has 1 saturated heterocycles. The van der Waals surface area contributed by atoms with Gasteiger partial charge in [-0.25, -0.2) is 4.98 Å². The molecule has 1 aliphatic heterocycles. The largest absolute Gasteiger partial charge is 0.340 e. The van der Waals surface area contributed by atoms with Crippen molar-refractivity contribution in [1.29, 1.82) is 0 Å². The molecule has 0 spiro atoms. The van der Waals surface area contributed by atoms with E-state index in [-0.39, 0.29) is 5.56 Å². The van der Waals surface area contributed by atoms with Crippen LogP contribution in [-0.2, 0) is 0 Å². The van der Waals surface area contributed by atoms with Gasteiger partial charge in [-0.1, -0.05) is 6.07 Å². The second kappa shape index (κ2) is 6.03. The van der Waals surface area contributed by atoms with Gasteiger partial charge < -0.3 is 4.90 Å². The van der Waals surface area contributed by atoms with Crippen molar-refractivity contribution in [3.63, 3.8) is 0 Å². The summed E-state index contributed by atoms with van der Waals surface area (Å²) in [6.45, 7) is 3.08. The molecule has 1 N–H and O–H groups in total. The van der Waals surface area contributed by atoms with Crippen molar-refractivity contribution in [3.8, 4) is 11.3 Å². The van der Waals surface area contributed by atoms with E-state index in [1.54, 1.807) is 12.4 Å². The smallest absolute Gasteiger partial charge is 0.262 e. The Morgan fingerprint density at radius 2 is 2.08 bits per heavy atom. The second-order valence-corrected chi connectivity index (χ2v) is 6.20. The van der Waals surface area contributed by atoms with E-state index in [1.165, 1.54) is 6.42 Å². The minimum atomic E-state index is -0.165. The Morgan fingerprint density at radius 3 is 2.88 bits per heavy atom. The van der Waals surface area contributed by atoms with Crippen LogP contribution in [-0.4, -0.2) is 32.5 Å². The van der Waals surface area contributed by atoms with Crippen molar-refractivity contribution in [2.45, 2.75) is 32.2 Å². The molecule has 3 aromatic heterocycles. The van der Waals surface area contributed by atoms with E-state index in [2.05, 4.69) is 31.8 Å². The number of rotatable bonds is 2. The van der Waals surface area contributed by atoms with Crippen LogP contribution < -0.4 is 10.5 Å². The first-order chi connectivity index (χ1) is 11.7. The predicted octanol–water partition coefficient (Wildman–Crippen LogP) is 2.76. The van der Waals surface area contributed by atoms with Gasteiger partial charge in [0.15, 0.2) is 5.65 Å². The van der Waals surface area contributed by atoms with Crippen molar-refractivity contribution in [2.75, 3.05) is 11.4 Å². The lowest BCUT2D eigenvalue weighted by molar-refractivity contribution is 0.477. The number of H-pyrrole nitrogens is 1. The van der Waals surface area contributed by atoms with E-state index in [9.17, 15) is 4.79 Å². The highest BCUT2D eigenvalue weighted by Crippen LogP contribution is 2.25. The highest BCUT2D eigenvalue weighted by atomic mass is 16.1. The summed E-state index contributed by atoms with van der Waals surface area (Å²) in [5.41, 5.74) is 1.81. The molecule has 122 valence electrons. The Morgan fingerprint density at radius 1 is 1.17 bits per heavy atom. The molecule has 6 nitrogen and oxygen atoms in total. The number of anilines is 1. The zero-order valence-electron chi connectivity index (χ0n) is 13.6. The second-order valence-electron chi connectivity index (χ2n) is 6.20. The average Bonchev–Trinajstić information content (AvgIpc) is 2.62. The summed E-state index contributed by atoms with van der Waals surface area (Å²) < 4.78 is 0. The lowest BCUT2D eigenvalue weighted by atomic mass is 10.0. The number of hydrogen-bond donors (Lipinski definition) is 1. The first-order valence-electron chi connectivity index (χ1n) is 8.31. The molecule has 1 fully saturated rings. The average molecular weight is 321 g/mol. The van der Waals surface area contributed by atoms with E-state index >= 15 is 0 Å². The Bertz CT molecular complexity index is 922. The van der Waals surface area contributed by atoms with Crippen LogP contribution in [0.15, 0.2) is 41.5 Å². The van der Waals surface area contributed by atoms with Gasteiger partial charge in [-0.2, -0.15) is 4.98 Å². The Hall–Kier alpha value is -2.76. The lowest BCUT2D eigenvalue weighted by Gasteiger charge is -2.33. The first-order valence-corrected chi connectivity index (χ1v) is 8.31. The Kier molecular flexibility index (Phi) is 3.72. The van der Waals surface area contributed by atoms with Crippen LogP contribution in [0.3, 0.4) is 0 Å². The zero-order chi connectivity index (χ0) is 16.5. The zero-order valence-corrected chi connectivity index (χ0v) is 13.6. The molecule has 0 bridgehead atoms. The van der Waals surface area contributed by atoms with Crippen LogP contribution in [0, 0.1) is 0 Å². The molecule has 3 aromatic rings. The van der Waals surface area contributed by atoms with Gasteiger partial charge in [0.2, 0.25) is 5.95 Å². The molecule has 4 rings (SSSR count). The molecule has 0 saturated carbocycles. The molecule has 4 heterocycles. The summed E-state index contributed by atoms with van der Waals surface area (Å²) >= 11 is 0. The molecule has 0 radical (unpaired) electrons. The molecule has 6 heteroatoms. The highest BCUT2D eigenvalue weighted by molar-refractivity contribution is 5.90. The van der Waals surface area contributed by atoms with Gasteiger partial charge in [0.1, 0.15) is 0 Å². The first kappa shape index (κ1) is 14.8. The summed E-state index contributed by atoms with van der Waals surface area (Å²) in [5.74, 6) is 0.616. The SMILES string of the molecule is CC1CCCCN1c1nc2nccc(-c3ccccn3)c2c(=O)[nH]1. The van der Waals surface area contributed by atoms with Crippen molar-refractivity contribution in [3.05, 3.63) is 47.0 Å². The van der Waals surface area contributed by atoms with E-state index in [4.69, 9.17) is 0 Å². The fourth-order valence-electron chi connectivity index (χ4n) is 3.34. The van der Waals surface area contributed by atoms with Crippen molar-refractivity contribution in [1.82, 2.24) is 19.9 Å². The van der Waals surface area contributed by atoms with Gasteiger partial charge >= 0.3 is 0 Å². The molecule has 0 aromatic carbocycles. The molecule has 1 aliphatic rings. The maximum Gasteiger partial charge on any atom is 0.262 e. The van der Waals surface area contributed by atoms with Gasteiger partial charge in [0, 0.05) is 30.5 Å². The number of pyridine rings is 2. The van der Waals surface area contributed by atoms with Gasteiger partial charge in [0.25, 0.3) is 5.56 Å². The standard InChI is InChI=1S/C18H19N5O/c1-12-6-3-5-11-23(12)18-21-16-15(17(24)22-18)13(8-10-20-16)14-7-2-4-9-19-14/h2,4,7-10,12H,3,5-6,11H2,1H3,(H,20,21,22,24). The normalized spacial score (nSPS) is 18.0. The number of fused-ring (bicyclic) bond motifs is 1. The summed E-state index contributed by atoms with van der Waals surface area (Å²) in [6, 6.07) is 7.82. The van der Waals surface area contributed by atoms with Crippen LogP contribution in [0.25, 0.3) is 22.3 Å². The summed E-state index contributed by atoms with van der Waals surface area (Å²) in [7, 11) is 0. The monoisotopic (exact) mass is 321 g/mol. The van der Waals surface area contributed by atoms with Crippen LogP contribution in [0.5, 0.6) is 0 Å². The summed E-state index contributed by atoms with van der Waals surface area (Å²) in [5, 5.41) is 0.490. The third-order valence-corrected chi connectivity index (χ3v) is 4.61. The number of nitrogens with zero attached hydrogens (tertiary/aromatic N) is 4. The molecule has 1 atom stereocenters. The molecule has 0 aliphatic carbocycles. The quantitative estimate of drug-likeness (QED) is 0.785. The van der Waals surface area contributed by atoms with Gasteiger partial charge in [-0.3, -0.25) is 14.8 Å². The van der Waals surface area contributed by atoms with Crippen LogP contribution in [0.1, 0.15) is 26.2 Å². The minimum Gasteiger partial charge on any atom is -0.340 e. The number of hydrogen-bond acceptors (Lipinski definition) is 5. The van der Waals surface area contributed by atoms with Crippen molar-refractivity contribution < 1.29 is 0 Å². The minimum absolute atomic E-state index is 0.165. The van der Waals surface area contributed by atoms with Crippen molar-refractivity contribution in [2.24, 2.45) is 0 Å². The molecular formula is C18H19N5O. The summed E-state index contributed by atoms with van der Waals surface area (Å²) in [6.07, 6.45) is 6.85. The summed E-state index contributed by atoms with van der Waals surface area (Å²) in [4.78, 5) is 31.2. The number of nitrogens with one attached hydrogen (secondary N) is 1. The third kappa shape index (κ3) is 2.54. The van der Waals surface area contributed by atoms with Gasteiger partial charge in [0.05, 0.1) is 11.1 Å². The topological polar surface area (TPSA) is 74.8 Å². The van der Waals surface area contributed by atoms with Crippen LogP contribution in [0.2, 0.25) is 0 Å². The van der Waals surface area contributed by atoms with Crippen LogP contribution >= 0.6 is 0 Å². The van der Waals surface area contributed by atoms with E-state index in [1.807, 2.05) is 24.3 Å². The third-order valence-electron chi connectivity index (χ3n) is 4.61. The Labute approximate surface area is 139 Å². The highest BCUT2D eigenvalue weighted by Gasteiger charge is 2.22. The predicted molar refractivity (Wildman–Crippen MR) is 94.0 cm³/mol. The van der Waals surface area contributed by atoms with E-state index in [0.29, 0.717) is 23.0 Å². The fourth-order valence-corrected chi connectivity index (χ4v) is 3.34. The maximum absolute atomic E-state index is 12.8. The van der Waals surface area contributed by atoms with Crippen LogP contribution in [0.4, 0.5) is 5.95 Å². The molecular weight excluding hydrogens is 302 g/mol. The maximum atomic E-state index is 12.8. The molecule has 24 heavy (non-hydrogen) atoms. The Balaban J connectivity index is 1.87. The molecule has 0 amide bonds. The number of aromatic amines is 1.